The van der Waals surface area contributed by atoms with Crippen molar-refractivity contribution in [2.24, 2.45) is 5.10 Å². The molecule has 1 N–H and O–H groups in total. The highest BCUT2D eigenvalue weighted by atomic mass is 16.5. The van der Waals surface area contributed by atoms with Gasteiger partial charge in [0.15, 0.2) is 11.5 Å². The van der Waals surface area contributed by atoms with Gasteiger partial charge in [0.25, 0.3) is 5.91 Å². The molecule has 0 bridgehead atoms. The molecule has 0 atom stereocenters. The van der Waals surface area contributed by atoms with Crippen LogP contribution >= 0.6 is 0 Å². The van der Waals surface area contributed by atoms with Gasteiger partial charge in [0.05, 0.1) is 26.5 Å². The third-order valence-corrected chi connectivity index (χ3v) is 4.96. The van der Waals surface area contributed by atoms with Gasteiger partial charge in [-0.15, -0.1) is 0 Å². The molecule has 0 saturated carbocycles. The van der Waals surface area contributed by atoms with Gasteiger partial charge in [-0.05, 0) is 66.9 Å². The van der Waals surface area contributed by atoms with Gasteiger partial charge in [-0.3, -0.25) is 4.79 Å². The Hall–Kier alpha value is -3.80. The van der Waals surface area contributed by atoms with E-state index in [0.29, 0.717) is 30.3 Å². The number of hydrazone groups is 1. The summed E-state index contributed by atoms with van der Waals surface area (Å²) < 4.78 is 17.2. The van der Waals surface area contributed by atoms with Crippen LogP contribution in [0.15, 0.2) is 71.8 Å². The number of amides is 1. The van der Waals surface area contributed by atoms with Crippen LogP contribution in [-0.4, -0.2) is 32.4 Å². The minimum atomic E-state index is -0.267. The Morgan fingerprint density at radius 1 is 0.906 bits per heavy atom. The van der Waals surface area contributed by atoms with E-state index in [2.05, 4.69) is 30.4 Å². The zero-order valence-electron chi connectivity index (χ0n) is 18.6. The topological polar surface area (TPSA) is 69.2 Å². The zero-order chi connectivity index (χ0) is 22.8. The van der Waals surface area contributed by atoms with Crippen molar-refractivity contribution < 1.29 is 19.0 Å². The van der Waals surface area contributed by atoms with Gasteiger partial charge >= 0.3 is 0 Å². The van der Waals surface area contributed by atoms with Crippen LogP contribution in [0.1, 0.15) is 33.5 Å². The second kappa shape index (κ2) is 11.6. The molecule has 0 saturated heterocycles. The molecule has 0 radical (unpaired) electrons. The Bertz CT molecular complexity index is 1060. The molecule has 0 heterocycles. The summed E-state index contributed by atoms with van der Waals surface area (Å²) in [7, 11) is 1.59. The van der Waals surface area contributed by atoms with Crippen molar-refractivity contribution in [1.29, 1.82) is 0 Å². The van der Waals surface area contributed by atoms with Crippen LogP contribution in [0.3, 0.4) is 0 Å². The molecule has 0 aromatic heterocycles. The number of methoxy groups -OCH3 is 1. The number of hydrogen-bond donors (Lipinski definition) is 1. The van der Waals surface area contributed by atoms with Crippen molar-refractivity contribution in [1.82, 2.24) is 5.43 Å². The summed E-state index contributed by atoms with van der Waals surface area (Å²) in [6.45, 7) is 5.20. The maximum absolute atomic E-state index is 12.0. The lowest BCUT2D eigenvalue weighted by molar-refractivity contribution is 0.0955. The van der Waals surface area contributed by atoms with Gasteiger partial charge in [-0.2, -0.15) is 5.10 Å². The van der Waals surface area contributed by atoms with Gasteiger partial charge in [0.1, 0.15) is 5.75 Å². The van der Waals surface area contributed by atoms with Crippen LogP contribution in [-0.2, 0) is 0 Å². The Balaban J connectivity index is 1.48. The van der Waals surface area contributed by atoms with E-state index in [4.69, 9.17) is 14.2 Å². The third-order valence-electron chi connectivity index (χ3n) is 4.96. The minimum Gasteiger partial charge on any atom is -0.493 e. The zero-order valence-corrected chi connectivity index (χ0v) is 18.6. The van der Waals surface area contributed by atoms with E-state index in [9.17, 15) is 4.79 Å². The maximum Gasteiger partial charge on any atom is 0.271 e. The van der Waals surface area contributed by atoms with Crippen LogP contribution < -0.4 is 19.6 Å². The average molecular weight is 433 g/mol. The fraction of sp³-hybridized carbons (Fsp3) is 0.231. The fourth-order valence-corrected chi connectivity index (χ4v) is 3.01. The molecule has 0 spiro atoms. The first-order valence-electron chi connectivity index (χ1n) is 10.5. The van der Waals surface area contributed by atoms with E-state index >= 15 is 0 Å². The van der Waals surface area contributed by atoms with Crippen LogP contribution in [0, 0.1) is 13.8 Å². The van der Waals surface area contributed by atoms with E-state index < -0.39 is 0 Å². The number of hydrogen-bond acceptors (Lipinski definition) is 5. The maximum atomic E-state index is 12.0. The minimum absolute atomic E-state index is 0.267. The van der Waals surface area contributed by atoms with E-state index in [1.165, 1.54) is 5.56 Å². The summed E-state index contributed by atoms with van der Waals surface area (Å²) >= 11 is 0. The summed E-state index contributed by atoms with van der Waals surface area (Å²) in [5.74, 6) is 1.88. The quantitative estimate of drug-likeness (QED) is 0.280. The summed E-state index contributed by atoms with van der Waals surface area (Å²) in [6.07, 6.45) is 2.30. The molecule has 32 heavy (non-hydrogen) atoms. The molecule has 0 fully saturated rings. The van der Waals surface area contributed by atoms with Crippen molar-refractivity contribution in [3.63, 3.8) is 0 Å². The Kier molecular flexibility index (Phi) is 8.26. The Morgan fingerprint density at radius 2 is 1.66 bits per heavy atom. The summed E-state index contributed by atoms with van der Waals surface area (Å²) in [4.78, 5) is 12.0. The lowest BCUT2D eigenvalue weighted by Crippen LogP contribution is -2.17. The van der Waals surface area contributed by atoms with E-state index in [0.717, 1.165) is 23.3 Å². The van der Waals surface area contributed by atoms with Gasteiger partial charge in [-0.1, -0.05) is 30.3 Å². The molecule has 0 aliphatic rings. The molecule has 3 aromatic rings. The molecule has 3 rings (SSSR count). The number of aryl methyl sites for hydroxylation is 1. The second-order valence-electron chi connectivity index (χ2n) is 7.22. The van der Waals surface area contributed by atoms with Crippen LogP contribution in [0.5, 0.6) is 17.2 Å². The molecular weight excluding hydrogens is 404 g/mol. The second-order valence-corrected chi connectivity index (χ2v) is 7.22. The molecule has 0 unspecified atom stereocenters. The number of nitrogens with zero attached hydrogens (tertiary/aromatic N) is 1. The lowest BCUT2D eigenvalue weighted by atomic mass is 10.1. The average Bonchev–Trinajstić information content (AvgIpc) is 2.82. The van der Waals surface area contributed by atoms with Gasteiger partial charge in [0.2, 0.25) is 0 Å². The number of carbonyl (C=O) groups excluding carboxylic acids is 1. The lowest BCUT2D eigenvalue weighted by Gasteiger charge is -2.13. The van der Waals surface area contributed by atoms with Crippen LogP contribution in [0.4, 0.5) is 0 Å². The smallest absolute Gasteiger partial charge is 0.271 e. The van der Waals surface area contributed by atoms with Crippen molar-refractivity contribution in [3.05, 3.63) is 89.0 Å². The van der Waals surface area contributed by atoms with E-state index in [1.807, 2.05) is 30.3 Å². The molecular formula is C26H28N2O4. The number of carbonyl (C=O) groups is 1. The first kappa shape index (κ1) is 22.9. The highest BCUT2D eigenvalue weighted by Crippen LogP contribution is 2.28. The summed E-state index contributed by atoms with van der Waals surface area (Å²) in [6, 6.07) is 20.5. The predicted molar refractivity (Wildman–Crippen MR) is 126 cm³/mol. The van der Waals surface area contributed by atoms with Crippen molar-refractivity contribution in [2.75, 3.05) is 20.3 Å². The van der Waals surface area contributed by atoms with E-state index in [-0.39, 0.29) is 5.91 Å². The third kappa shape index (κ3) is 6.35. The number of rotatable bonds is 10. The van der Waals surface area contributed by atoms with E-state index in [1.54, 1.807) is 43.7 Å². The van der Waals surface area contributed by atoms with Crippen molar-refractivity contribution in [3.8, 4) is 17.2 Å². The highest BCUT2D eigenvalue weighted by Gasteiger charge is 2.07. The first-order chi connectivity index (χ1) is 15.6. The summed E-state index contributed by atoms with van der Waals surface area (Å²) in [5, 5.41) is 4.01. The Morgan fingerprint density at radius 3 is 2.41 bits per heavy atom. The van der Waals surface area contributed by atoms with Crippen LogP contribution in [0.25, 0.3) is 0 Å². The monoisotopic (exact) mass is 432 g/mol. The van der Waals surface area contributed by atoms with Crippen molar-refractivity contribution >= 4 is 12.1 Å². The standard InChI is InChI=1S/C26H28N2O4/c1-19-9-7-12-23(20(19)2)31-15-8-16-32-24-14-13-21(17-25(24)30-3)18-27-28-26(29)22-10-5-4-6-11-22/h4-7,9-14,17-18H,8,15-16H2,1-3H3,(H,28,29). The highest BCUT2D eigenvalue weighted by molar-refractivity contribution is 5.94. The SMILES string of the molecule is COc1cc(C=NNC(=O)c2ccccc2)ccc1OCCCOc1cccc(C)c1C. The fourth-order valence-electron chi connectivity index (χ4n) is 3.01. The number of nitrogens with one attached hydrogen (secondary N) is 1. The number of ether oxygens (including phenoxy) is 3. The van der Waals surface area contributed by atoms with Crippen molar-refractivity contribution in [2.45, 2.75) is 20.3 Å². The molecule has 0 aliphatic carbocycles. The molecule has 6 heteroatoms. The Labute approximate surface area is 188 Å². The largest absolute Gasteiger partial charge is 0.493 e. The first-order valence-corrected chi connectivity index (χ1v) is 10.5. The van der Waals surface area contributed by atoms with Crippen LogP contribution in [0.2, 0.25) is 0 Å². The normalized spacial score (nSPS) is 10.7. The van der Waals surface area contributed by atoms with Gasteiger partial charge in [-0.25, -0.2) is 5.43 Å². The molecule has 0 aliphatic heterocycles. The molecule has 1 amide bonds. The summed E-state index contributed by atoms with van der Waals surface area (Å²) in [5.41, 5.74) is 6.21. The molecule has 3 aromatic carbocycles. The van der Waals surface area contributed by atoms with Gasteiger partial charge in [0, 0.05) is 12.0 Å². The number of benzene rings is 3. The molecule has 6 nitrogen and oxygen atoms in total. The molecule has 166 valence electrons. The van der Waals surface area contributed by atoms with Gasteiger partial charge < -0.3 is 14.2 Å². The predicted octanol–water partition coefficient (Wildman–Crippen LogP) is 4.92.